The van der Waals surface area contributed by atoms with Crippen molar-refractivity contribution < 1.29 is 24.1 Å². The van der Waals surface area contributed by atoms with Crippen LogP contribution in [0.2, 0.25) is 0 Å². The smallest absolute Gasteiger partial charge is 0.130 e. The number of hydrogen-bond donors (Lipinski definition) is 1. The maximum atomic E-state index is 10.3. The Balaban J connectivity index is 0.000000220. The van der Waals surface area contributed by atoms with E-state index in [2.05, 4.69) is 27.7 Å². The van der Waals surface area contributed by atoms with E-state index in [9.17, 15) is 5.11 Å². The predicted molar refractivity (Wildman–Crippen MR) is 114 cm³/mol. The standard InChI is InChI=1S/C18H22O2.C6H10O3/c1-10-8-7-9-15(19)16(10)17-13(4)11(2)12(3)14(5)18(17)20-6;1(5-3-8-5)7-2-6-4-9-6/h7-9,19H,1-6H3;5-6H,1-4H2. The van der Waals surface area contributed by atoms with Crippen molar-refractivity contribution in [3.05, 3.63) is 46.0 Å². The van der Waals surface area contributed by atoms with E-state index >= 15 is 0 Å². The summed E-state index contributed by atoms with van der Waals surface area (Å²) in [5.74, 6) is 1.16. The molecule has 4 rings (SSSR count). The molecule has 2 atom stereocenters. The largest absolute Gasteiger partial charge is 0.507 e. The van der Waals surface area contributed by atoms with Gasteiger partial charge in [0, 0.05) is 11.1 Å². The van der Waals surface area contributed by atoms with Crippen LogP contribution in [0.4, 0.5) is 0 Å². The van der Waals surface area contributed by atoms with Gasteiger partial charge in [-0.2, -0.15) is 0 Å². The summed E-state index contributed by atoms with van der Waals surface area (Å²) in [4.78, 5) is 0. The Hall–Kier alpha value is -2.08. The van der Waals surface area contributed by atoms with Crippen molar-refractivity contribution >= 4 is 0 Å². The Morgan fingerprint density at radius 3 is 1.90 bits per heavy atom. The molecule has 1 N–H and O–H groups in total. The molecule has 5 heteroatoms. The van der Waals surface area contributed by atoms with Crippen molar-refractivity contribution in [3.8, 4) is 22.6 Å². The summed E-state index contributed by atoms with van der Waals surface area (Å²) >= 11 is 0. The topological polar surface area (TPSA) is 63.8 Å². The molecule has 2 saturated heterocycles. The molecular weight excluding hydrogens is 368 g/mol. The third kappa shape index (κ3) is 5.10. The average Bonchev–Trinajstić information content (AvgIpc) is 3.60. The first-order chi connectivity index (χ1) is 13.8. The fourth-order valence-corrected chi connectivity index (χ4v) is 3.47. The van der Waals surface area contributed by atoms with E-state index in [0.29, 0.717) is 18.0 Å². The number of epoxide rings is 2. The Bertz CT molecular complexity index is 834. The Labute approximate surface area is 173 Å². The lowest BCUT2D eigenvalue weighted by Crippen LogP contribution is -2.06. The number of ether oxygens (including phenoxy) is 4. The van der Waals surface area contributed by atoms with Gasteiger partial charge in [-0.1, -0.05) is 12.1 Å². The van der Waals surface area contributed by atoms with Crippen LogP contribution in [-0.4, -0.2) is 50.9 Å². The molecule has 0 bridgehead atoms. The quantitative estimate of drug-likeness (QED) is 0.728. The van der Waals surface area contributed by atoms with Crippen LogP contribution in [0.15, 0.2) is 18.2 Å². The number of phenols is 1. The Kier molecular flexibility index (Phi) is 6.83. The van der Waals surface area contributed by atoms with E-state index in [0.717, 1.165) is 60.0 Å². The molecule has 2 unspecified atom stereocenters. The van der Waals surface area contributed by atoms with Crippen LogP contribution in [-0.2, 0) is 14.2 Å². The molecule has 2 aromatic rings. The Morgan fingerprint density at radius 1 is 0.862 bits per heavy atom. The van der Waals surface area contributed by atoms with Gasteiger partial charge in [0.2, 0.25) is 0 Å². The normalized spacial score (nSPS) is 19.4. The van der Waals surface area contributed by atoms with Gasteiger partial charge in [0.1, 0.15) is 23.7 Å². The van der Waals surface area contributed by atoms with Crippen LogP contribution >= 0.6 is 0 Å². The molecule has 2 fully saturated rings. The molecule has 2 aliphatic heterocycles. The summed E-state index contributed by atoms with van der Waals surface area (Å²) < 4.78 is 20.8. The molecule has 0 radical (unpaired) electrons. The number of aryl methyl sites for hydroxylation is 1. The molecule has 2 aliphatic rings. The molecule has 2 aromatic carbocycles. The maximum Gasteiger partial charge on any atom is 0.130 e. The van der Waals surface area contributed by atoms with Crippen LogP contribution in [0, 0.1) is 34.6 Å². The van der Waals surface area contributed by atoms with Crippen LogP contribution in [0.25, 0.3) is 11.1 Å². The molecule has 2 heterocycles. The number of benzene rings is 2. The SMILES string of the molecule is C(OCC1CO1)C1CO1.COc1c(C)c(C)c(C)c(C)c1-c1c(C)cccc1O. The van der Waals surface area contributed by atoms with Gasteiger partial charge in [-0.05, 0) is 68.5 Å². The van der Waals surface area contributed by atoms with Gasteiger partial charge in [-0.3, -0.25) is 0 Å². The van der Waals surface area contributed by atoms with Gasteiger partial charge in [0.05, 0.1) is 33.5 Å². The molecule has 0 spiro atoms. The minimum absolute atomic E-state index is 0.300. The van der Waals surface area contributed by atoms with E-state index in [1.807, 2.05) is 19.1 Å². The zero-order valence-corrected chi connectivity index (χ0v) is 18.3. The van der Waals surface area contributed by atoms with Crippen LogP contribution < -0.4 is 4.74 Å². The van der Waals surface area contributed by atoms with E-state index in [4.69, 9.17) is 18.9 Å². The van der Waals surface area contributed by atoms with Crippen LogP contribution in [0.1, 0.15) is 27.8 Å². The van der Waals surface area contributed by atoms with E-state index in [1.165, 1.54) is 11.1 Å². The summed E-state index contributed by atoms with van der Waals surface area (Å²) in [6, 6.07) is 5.61. The second-order valence-electron chi connectivity index (χ2n) is 7.83. The average molecular weight is 401 g/mol. The van der Waals surface area contributed by atoms with E-state index < -0.39 is 0 Å². The van der Waals surface area contributed by atoms with Gasteiger partial charge in [-0.15, -0.1) is 0 Å². The van der Waals surface area contributed by atoms with Crippen molar-refractivity contribution in [2.45, 2.75) is 46.8 Å². The third-order valence-electron chi connectivity index (χ3n) is 5.75. The first kappa shape index (κ1) is 21.6. The zero-order chi connectivity index (χ0) is 21.1. The van der Waals surface area contributed by atoms with Crippen LogP contribution in [0.5, 0.6) is 11.5 Å². The molecule has 29 heavy (non-hydrogen) atoms. The number of phenolic OH excluding ortho intramolecular Hbond substituents is 1. The van der Waals surface area contributed by atoms with Crippen molar-refractivity contribution in [1.29, 1.82) is 0 Å². The van der Waals surface area contributed by atoms with Gasteiger partial charge >= 0.3 is 0 Å². The van der Waals surface area contributed by atoms with Crippen molar-refractivity contribution in [2.75, 3.05) is 33.5 Å². The van der Waals surface area contributed by atoms with Gasteiger partial charge < -0.3 is 24.1 Å². The lowest BCUT2D eigenvalue weighted by molar-refractivity contribution is 0.102. The summed E-state index contributed by atoms with van der Waals surface area (Å²) in [5, 5.41) is 10.3. The predicted octanol–water partition coefficient (Wildman–Crippen LogP) is 4.41. The lowest BCUT2D eigenvalue weighted by atomic mass is 9.87. The maximum absolute atomic E-state index is 10.3. The lowest BCUT2D eigenvalue weighted by Gasteiger charge is -2.21. The molecule has 0 saturated carbocycles. The van der Waals surface area contributed by atoms with Crippen molar-refractivity contribution in [3.63, 3.8) is 0 Å². The number of methoxy groups -OCH3 is 1. The molecule has 0 aromatic heterocycles. The monoisotopic (exact) mass is 400 g/mol. The van der Waals surface area contributed by atoms with Gasteiger partial charge in [0.15, 0.2) is 0 Å². The number of hydrogen-bond acceptors (Lipinski definition) is 5. The first-order valence-corrected chi connectivity index (χ1v) is 10.1. The summed E-state index contributed by atoms with van der Waals surface area (Å²) in [6.45, 7) is 13.7. The highest BCUT2D eigenvalue weighted by Crippen LogP contribution is 2.44. The highest BCUT2D eigenvalue weighted by molar-refractivity contribution is 5.83. The summed E-state index contributed by atoms with van der Waals surface area (Å²) in [6.07, 6.45) is 0.785. The van der Waals surface area contributed by atoms with Crippen molar-refractivity contribution in [1.82, 2.24) is 0 Å². The molecule has 0 aliphatic carbocycles. The minimum Gasteiger partial charge on any atom is -0.507 e. The highest BCUT2D eigenvalue weighted by atomic mass is 16.6. The van der Waals surface area contributed by atoms with Gasteiger partial charge in [0.25, 0.3) is 0 Å². The first-order valence-electron chi connectivity index (χ1n) is 10.1. The molecular formula is C24H32O5. The highest BCUT2D eigenvalue weighted by Gasteiger charge is 2.26. The molecule has 0 amide bonds. The second kappa shape index (κ2) is 9.16. The zero-order valence-electron chi connectivity index (χ0n) is 18.3. The Morgan fingerprint density at radius 2 is 1.41 bits per heavy atom. The third-order valence-corrected chi connectivity index (χ3v) is 5.75. The van der Waals surface area contributed by atoms with E-state index in [-0.39, 0.29) is 0 Å². The fraction of sp³-hybridized carbons (Fsp3) is 0.500. The summed E-state index contributed by atoms with van der Waals surface area (Å²) in [7, 11) is 1.69. The van der Waals surface area contributed by atoms with Crippen LogP contribution in [0.3, 0.4) is 0 Å². The molecule has 158 valence electrons. The number of aromatic hydroxyl groups is 1. The number of rotatable bonds is 6. The molecule has 5 nitrogen and oxygen atoms in total. The van der Waals surface area contributed by atoms with Crippen molar-refractivity contribution in [2.24, 2.45) is 0 Å². The van der Waals surface area contributed by atoms with E-state index in [1.54, 1.807) is 13.2 Å². The minimum atomic E-state index is 0.300. The second-order valence-corrected chi connectivity index (χ2v) is 7.83. The fourth-order valence-electron chi connectivity index (χ4n) is 3.47. The van der Waals surface area contributed by atoms with Gasteiger partial charge in [-0.25, -0.2) is 0 Å². The summed E-state index contributed by atoms with van der Waals surface area (Å²) in [5.41, 5.74) is 7.71.